The van der Waals surface area contributed by atoms with Crippen molar-refractivity contribution in [1.29, 1.82) is 0 Å². The van der Waals surface area contributed by atoms with Crippen molar-refractivity contribution < 1.29 is 4.79 Å². The maximum atomic E-state index is 12.6. The highest BCUT2D eigenvalue weighted by atomic mass is 32.1. The molecule has 1 N–H and O–H groups in total. The van der Waals surface area contributed by atoms with E-state index in [1.165, 1.54) is 30.6 Å². The summed E-state index contributed by atoms with van der Waals surface area (Å²) in [4.78, 5) is 20.0. The van der Waals surface area contributed by atoms with E-state index >= 15 is 0 Å². The van der Waals surface area contributed by atoms with Crippen molar-refractivity contribution in [3.8, 4) is 0 Å². The van der Waals surface area contributed by atoms with Gasteiger partial charge in [-0.3, -0.25) is 4.79 Å². The first-order valence-electron chi connectivity index (χ1n) is 8.12. The average Bonchev–Trinajstić information content (AvgIpc) is 3.12. The fourth-order valence-corrected chi connectivity index (χ4v) is 4.59. The zero-order valence-corrected chi connectivity index (χ0v) is 13.8. The number of hydrogen-bond donors (Lipinski definition) is 1. The molecule has 3 atom stereocenters. The van der Waals surface area contributed by atoms with E-state index in [4.69, 9.17) is 0 Å². The number of hydrogen-bond acceptors (Lipinski definition) is 4. The van der Waals surface area contributed by atoms with Gasteiger partial charge in [-0.15, -0.1) is 11.3 Å². The average molecular weight is 307 g/mol. The summed E-state index contributed by atoms with van der Waals surface area (Å²) in [7, 11) is 1.91. The van der Waals surface area contributed by atoms with Crippen LogP contribution in [-0.2, 0) is 17.8 Å². The van der Waals surface area contributed by atoms with Gasteiger partial charge in [-0.05, 0) is 31.6 Å². The van der Waals surface area contributed by atoms with Crippen LogP contribution in [0.5, 0.6) is 0 Å². The predicted octanol–water partition coefficient (Wildman–Crippen LogP) is 2.58. The molecule has 5 heteroatoms. The van der Waals surface area contributed by atoms with Crippen LogP contribution < -0.4 is 5.32 Å². The Labute approximate surface area is 130 Å². The molecule has 0 radical (unpaired) electrons. The molecule has 1 aromatic heterocycles. The summed E-state index contributed by atoms with van der Waals surface area (Å²) in [6, 6.07) is 0.609. The number of nitrogens with zero attached hydrogens (tertiary/aromatic N) is 2. The fourth-order valence-electron chi connectivity index (χ4n) is 3.67. The highest BCUT2D eigenvalue weighted by Crippen LogP contribution is 2.33. The number of thiazole rings is 1. The molecule has 1 aliphatic heterocycles. The molecule has 3 rings (SSSR count). The molecule has 2 aliphatic rings. The second-order valence-corrected chi connectivity index (χ2v) is 7.57. The third-order valence-electron chi connectivity index (χ3n) is 4.83. The van der Waals surface area contributed by atoms with E-state index in [0.717, 1.165) is 23.8 Å². The van der Waals surface area contributed by atoms with Crippen LogP contribution in [0.1, 0.15) is 48.9 Å². The van der Waals surface area contributed by atoms with E-state index in [1.807, 2.05) is 18.1 Å². The molecule has 0 aromatic carbocycles. The van der Waals surface area contributed by atoms with Crippen molar-refractivity contribution >= 4 is 17.2 Å². The summed E-state index contributed by atoms with van der Waals surface area (Å²) in [5.74, 6) is 0.965. The van der Waals surface area contributed by atoms with Crippen LogP contribution in [0.3, 0.4) is 0 Å². The fraction of sp³-hybridized carbons (Fsp3) is 0.750. The van der Waals surface area contributed by atoms with Gasteiger partial charge in [0.15, 0.2) is 0 Å². The number of aromatic nitrogens is 1. The molecule has 0 unspecified atom stereocenters. The van der Waals surface area contributed by atoms with Crippen molar-refractivity contribution in [3.63, 3.8) is 0 Å². The largest absolute Gasteiger partial charge is 0.339 e. The zero-order valence-electron chi connectivity index (χ0n) is 13.0. The Bertz CT molecular complexity index is 487. The van der Waals surface area contributed by atoms with E-state index in [9.17, 15) is 4.79 Å². The number of carbonyl (C=O) groups excluding carboxylic acids is 1. The molecular formula is C16H25N3OS. The summed E-state index contributed by atoms with van der Waals surface area (Å²) in [5, 5.41) is 4.72. The molecule has 4 nitrogen and oxygen atoms in total. The standard InChI is InChI=1S/C16H25N3OS/c1-3-15-17-9-12(21-15)10-19(2)16(20)14-8-11-6-4-5-7-13(11)18-14/h9,11,13-14,18H,3-8,10H2,1-2H3/t11-,13+,14+/m1/s1. The van der Waals surface area contributed by atoms with E-state index in [0.29, 0.717) is 12.6 Å². The zero-order chi connectivity index (χ0) is 14.8. The number of aryl methyl sites for hydroxylation is 1. The molecule has 21 heavy (non-hydrogen) atoms. The minimum absolute atomic E-state index is 0.0293. The van der Waals surface area contributed by atoms with Gasteiger partial charge >= 0.3 is 0 Å². The van der Waals surface area contributed by atoms with Crippen molar-refractivity contribution in [1.82, 2.24) is 15.2 Å². The molecule has 116 valence electrons. The van der Waals surface area contributed by atoms with Gasteiger partial charge in [0.25, 0.3) is 0 Å². The van der Waals surface area contributed by atoms with Crippen molar-refractivity contribution in [2.75, 3.05) is 7.05 Å². The summed E-state index contributed by atoms with van der Waals surface area (Å²) in [6.45, 7) is 2.80. The molecular weight excluding hydrogens is 282 g/mol. The van der Waals surface area contributed by atoms with Gasteiger partial charge in [-0.1, -0.05) is 19.8 Å². The SMILES string of the molecule is CCc1ncc(CN(C)C(=O)[C@@H]2C[C@H]3CCCC[C@@H]3N2)s1. The van der Waals surface area contributed by atoms with Gasteiger partial charge in [0, 0.05) is 24.2 Å². The molecule has 1 aliphatic carbocycles. The Hall–Kier alpha value is -0.940. The van der Waals surface area contributed by atoms with E-state index in [-0.39, 0.29) is 11.9 Å². The van der Waals surface area contributed by atoms with Crippen LogP contribution >= 0.6 is 11.3 Å². The predicted molar refractivity (Wildman–Crippen MR) is 85.3 cm³/mol. The molecule has 2 fully saturated rings. The maximum Gasteiger partial charge on any atom is 0.239 e. The number of rotatable bonds is 4. The molecule has 0 spiro atoms. The number of fused-ring (bicyclic) bond motifs is 1. The van der Waals surface area contributed by atoms with Crippen molar-refractivity contribution in [2.45, 2.75) is 64.1 Å². The van der Waals surface area contributed by atoms with Gasteiger partial charge in [-0.25, -0.2) is 4.98 Å². The Morgan fingerprint density at radius 3 is 3.00 bits per heavy atom. The molecule has 1 saturated heterocycles. The van der Waals surface area contributed by atoms with Crippen LogP contribution in [-0.4, -0.2) is 34.9 Å². The van der Waals surface area contributed by atoms with Gasteiger partial charge in [0.2, 0.25) is 5.91 Å². The lowest BCUT2D eigenvalue weighted by Gasteiger charge is -2.24. The van der Waals surface area contributed by atoms with Gasteiger partial charge in [-0.2, -0.15) is 0 Å². The second kappa shape index (κ2) is 6.44. The lowest BCUT2D eigenvalue weighted by atomic mass is 9.85. The highest BCUT2D eigenvalue weighted by molar-refractivity contribution is 7.11. The number of nitrogens with one attached hydrogen (secondary N) is 1. The smallest absolute Gasteiger partial charge is 0.239 e. The normalized spacial score (nSPS) is 28.4. The van der Waals surface area contributed by atoms with Gasteiger partial charge in [0.1, 0.15) is 0 Å². The lowest BCUT2D eigenvalue weighted by Crippen LogP contribution is -2.43. The second-order valence-electron chi connectivity index (χ2n) is 6.37. The Morgan fingerprint density at radius 1 is 1.48 bits per heavy atom. The minimum atomic E-state index is 0.0293. The first kappa shape index (κ1) is 15.0. The first-order valence-corrected chi connectivity index (χ1v) is 8.93. The maximum absolute atomic E-state index is 12.6. The van der Waals surface area contributed by atoms with Crippen LogP contribution in [0.25, 0.3) is 0 Å². The number of carbonyl (C=O) groups is 1. The Morgan fingerprint density at radius 2 is 2.29 bits per heavy atom. The summed E-state index contributed by atoms with van der Waals surface area (Å²) in [6.07, 6.45) is 9.08. The van der Waals surface area contributed by atoms with E-state index in [2.05, 4.69) is 17.2 Å². The monoisotopic (exact) mass is 307 g/mol. The number of likely N-dealkylation sites (N-methyl/N-ethyl adjacent to an activating group) is 1. The third kappa shape index (κ3) is 3.29. The van der Waals surface area contributed by atoms with Crippen LogP contribution in [0, 0.1) is 5.92 Å². The first-order chi connectivity index (χ1) is 10.2. The third-order valence-corrected chi connectivity index (χ3v) is 5.96. The molecule has 1 saturated carbocycles. The lowest BCUT2D eigenvalue weighted by molar-refractivity contribution is -0.132. The molecule has 1 amide bonds. The summed E-state index contributed by atoms with van der Waals surface area (Å²) < 4.78 is 0. The minimum Gasteiger partial charge on any atom is -0.339 e. The van der Waals surface area contributed by atoms with Crippen molar-refractivity contribution in [2.24, 2.45) is 5.92 Å². The summed E-state index contributed by atoms with van der Waals surface area (Å²) in [5.41, 5.74) is 0. The van der Waals surface area contributed by atoms with Crippen LogP contribution in [0.15, 0.2) is 6.20 Å². The summed E-state index contributed by atoms with van der Waals surface area (Å²) >= 11 is 1.72. The van der Waals surface area contributed by atoms with Gasteiger partial charge < -0.3 is 10.2 Å². The Balaban J connectivity index is 1.57. The van der Waals surface area contributed by atoms with E-state index < -0.39 is 0 Å². The molecule has 2 heterocycles. The number of amides is 1. The van der Waals surface area contributed by atoms with Crippen LogP contribution in [0.4, 0.5) is 0 Å². The van der Waals surface area contributed by atoms with E-state index in [1.54, 1.807) is 11.3 Å². The van der Waals surface area contributed by atoms with Crippen LogP contribution in [0.2, 0.25) is 0 Å². The highest BCUT2D eigenvalue weighted by Gasteiger charge is 2.39. The Kier molecular flexibility index (Phi) is 4.60. The van der Waals surface area contributed by atoms with Crippen molar-refractivity contribution in [3.05, 3.63) is 16.1 Å². The topological polar surface area (TPSA) is 45.2 Å². The molecule has 1 aromatic rings. The quantitative estimate of drug-likeness (QED) is 0.930. The van der Waals surface area contributed by atoms with Gasteiger partial charge in [0.05, 0.1) is 17.6 Å². The molecule has 0 bridgehead atoms.